The minimum Gasteiger partial charge on any atom is -0.468 e. The molecule has 0 spiro atoms. The number of esters is 2. The van der Waals surface area contributed by atoms with Gasteiger partial charge < -0.3 is 9.47 Å². The highest BCUT2D eigenvalue weighted by atomic mass is 16.5. The largest absolute Gasteiger partial charge is 0.468 e. The summed E-state index contributed by atoms with van der Waals surface area (Å²) in [6.07, 6.45) is 7.40. The van der Waals surface area contributed by atoms with Crippen molar-refractivity contribution in [3.05, 3.63) is 23.3 Å². The number of carbonyl (C=O) groups is 3. The number of hydrogen-bond donors (Lipinski definition) is 0. The monoisotopic (exact) mass is 332 g/mol. The fourth-order valence-corrected chi connectivity index (χ4v) is 4.75. The molecule has 0 unspecified atom stereocenters. The third-order valence-electron chi connectivity index (χ3n) is 5.96. The van der Waals surface area contributed by atoms with Crippen LogP contribution < -0.4 is 0 Å². The molecule has 130 valence electrons. The molecule has 0 aromatic rings. The molecule has 5 nitrogen and oxygen atoms in total. The second kappa shape index (κ2) is 6.19. The van der Waals surface area contributed by atoms with Crippen molar-refractivity contribution in [2.45, 2.75) is 39.0 Å². The first-order valence-corrected chi connectivity index (χ1v) is 8.52. The van der Waals surface area contributed by atoms with Crippen LogP contribution >= 0.6 is 0 Å². The number of methoxy groups -OCH3 is 2. The van der Waals surface area contributed by atoms with Crippen LogP contribution in [0.1, 0.15) is 39.0 Å². The van der Waals surface area contributed by atoms with Gasteiger partial charge in [0.05, 0.1) is 14.2 Å². The average molecular weight is 332 g/mol. The van der Waals surface area contributed by atoms with Gasteiger partial charge in [-0.25, -0.2) is 0 Å². The normalized spacial score (nSPS) is 31.1. The third kappa shape index (κ3) is 2.41. The second-order valence-electron chi connectivity index (χ2n) is 7.15. The highest BCUT2D eigenvalue weighted by Gasteiger charge is 2.56. The molecule has 0 radical (unpaired) electrons. The third-order valence-corrected chi connectivity index (χ3v) is 5.96. The predicted octanol–water partition coefficient (Wildman–Crippen LogP) is 2.60. The number of fused-ring (bicyclic) bond motifs is 2. The summed E-state index contributed by atoms with van der Waals surface area (Å²) in [4.78, 5) is 37.2. The van der Waals surface area contributed by atoms with Crippen LogP contribution in [-0.4, -0.2) is 31.9 Å². The zero-order valence-corrected chi connectivity index (χ0v) is 14.5. The lowest BCUT2D eigenvalue weighted by Gasteiger charge is -2.29. The van der Waals surface area contributed by atoms with E-state index in [0.29, 0.717) is 12.8 Å². The van der Waals surface area contributed by atoms with Gasteiger partial charge in [0.15, 0.2) is 5.41 Å². The molecule has 0 aliphatic heterocycles. The van der Waals surface area contributed by atoms with Crippen LogP contribution in [0.25, 0.3) is 0 Å². The van der Waals surface area contributed by atoms with Crippen LogP contribution in [-0.2, 0) is 23.9 Å². The standard InChI is InChI=1S/C19H24O5/c1-11-14-10-19(17(21)23-2,18(22)24-3)9-13(14)8-7-12-5-4-6-15(20)16(11)12/h7-8,12-13,16H,4-6,9-10H2,1-3H3/t12-,13-,16+/m0/s1. The Labute approximate surface area is 142 Å². The molecular weight excluding hydrogens is 308 g/mol. The van der Waals surface area contributed by atoms with Gasteiger partial charge in [0, 0.05) is 12.3 Å². The van der Waals surface area contributed by atoms with Gasteiger partial charge in [-0.1, -0.05) is 23.3 Å². The molecule has 0 bridgehead atoms. The molecule has 24 heavy (non-hydrogen) atoms. The zero-order valence-electron chi connectivity index (χ0n) is 14.5. The fourth-order valence-electron chi connectivity index (χ4n) is 4.75. The Morgan fingerprint density at radius 3 is 2.46 bits per heavy atom. The van der Waals surface area contributed by atoms with Gasteiger partial charge in [0.2, 0.25) is 0 Å². The Kier molecular flexibility index (Phi) is 4.37. The molecule has 3 aliphatic carbocycles. The molecule has 0 N–H and O–H groups in total. The number of allylic oxidation sites excluding steroid dienone is 4. The molecule has 0 aromatic carbocycles. The summed E-state index contributed by atoms with van der Waals surface area (Å²) in [5, 5.41) is 0. The van der Waals surface area contributed by atoms with E-state index in [1.807, 2.05) is 6.92 Å². The molecule has 3 aliphatic rings. The maximum Gasteiger partial charge on any atom is 0.323 e. The molecule has 0 saturated heterocycles. The summed E-state index contributed by atoms with van der Waals surface area (Å²) >= 11 is 0. The molecular formula is C19H24O5. The van der Waals surface area contributed by atoms with Crippen LogP contribution in [0.5, 0.6) is 0 Å². The van der Waals surface area contributed by atoms with E-state index in [-0.39, 0.29) is 30.0 Å². The first kappa shape index (κ1) is 16.9. The lowest BCUT2D eigenvalue weighted by molar-refractivity contribution is -0.168. The van der Waals surface area contributed by atoms with Crippen molar-refractivity contribution in [1.82, 2.24) is 0 Å². The quantitative estimate of drug-likeness (QED) is 0.442. The number of hydrogen-bond acceptors (Lipinski definition) is 5. The maximum absolute atomic E-state index is 12.5. The molecule has 3 rings (SSSR count). The van der Waals surface area contributed by atoms with Gasteiger partial charge in [0.1, 0.15) is 5.78 Å². The SMILES string of the molecule is COC(=O)C1(C(=O)OC)CC2=C(C)[C@H]3C(=O)CCC[C@H]3C=C[C@H]2C1. The lowest BCUT2D eigenvalue weighted by atomic mass is 9.73. The maximum atomic E-state index is 12.5. The average Bonchev–Trinajstić information content (AvgIpc) is 2.93. The number of ether oxygens (including phenoxy) is 2. The van der Waals surface area contributed by atoms with Crippen molar-refractivity contribution in [2.24, 2.45) is 23.2 Å². The van der Waals surface area contributed by atoms with Crippen LogP contribution in [0.4, 0.5) is 0 Å². The van der Waals surface area contributed by atoms with E-state index in [4.69, 9.17) is 9.47 Å². The fraction of sp³-hybridized carbons (Fsp3) is 0.632. The summed E-state index contributed by atoms with van der Waals surface area (Å²) < 4.78 is 9.81. The molecule has 2 fully saturated rings. The molecule has 5 heteroatoms. The smallest absolute Gasteiger partial charge is 0.323 e. The molecule has 0 amide bonds. The summed E-state index contributed by atoms with van der Waals surface area (Å²) in [6.45, 7) is 1.99. The van der Waals surface area contributed by atoms with Crippen LogP contribution in [0, 0.1) is 23.2 Å². The van der Waals surface area contributed by atoms with Crippen LogP contribution in [0.3, 0.4) is 0 Å². The Morgan fingerprint density at radius 1 is 1.17 bits per heavy atom. The highest BCUT2D eigenvalue weighted by Crippen LogP contribution is 2.52. The Bertz CT molecular complexity index is 626. The van der Waals surface area contributed by atoms with Crippen molar-refractivity contribution in [2.75, 3.05) is 14.2 Å². The topological polar surface area (TPSA) is 69.7 Å². The summed E-state index contributed by atoms with van der Waals surface area (Å²) in [5.41, 5.74) is 0.777. The summed E-state index contributed by atoms with van der Waals surface area (Å²) in [5.74, 6) is -0.710. The van der Waals surface area contributed by atoms with E-state index in [1.165, 1.54) is 14.2 Å². The van der Waals surface area contributed by atoms with Crippen molar-refractivity contribution in [1.29, 1.82) is 0 Å². The lowest BCUT2D eigenvalue weighted by Crippen LogP contribution is -2.39. The van der Waals surface area contributed by atoms with Crippen LogP contribution in [0.15, 0.2) is 23.3 Å². The van der Waals surface area contributed by atoms with Gasteiger partial charge in [-0.2, -0.15) is 0 Å². The van der Waals surface area contributed by atoms with Crippen molar-refractivity contribution in [3.8, 4) is 0 Å². The summed E-state index contributed by atoms with van der Waals surface area (Å²) in [6, 6.07) is 0. The molecule has 0 heterocycles. The molecule has 0 aromatic heterocycles. The van der Waals surface area contributed by atoms with Gasteiger partial charge in [-0.15, -0.1) is 0 Å². The van der Waals surface area contributed by atoms with Crippen molar-refractivity contribution < 1.29 is 23.9 Å². The Morgan fingerprint density at radius 2 is 1.83 bits per heavy atom. The molecule has 3 atom stereocenters. The predicted molar refractivity (Wildman–Crippen MR) is 86.9 cm³/mol. The minimum atomic E-state index is -1.29. The zero-order chi connectivity index (χ0) is 17.5. The van der Waals surface area contributed by atoms with E-state index in [2.05, 4.69) is 12.2 Å². The Hall–Kier alpha value is -1.91. The number of carbonyl (C=O) groups excluding carboxylic acids is 3. The number of rotatable bonds is 2. The van der Waals surface area contributed by atoms with Gasteiger partial charge in [-0.05, 0) is 44.4 Å². The van der Waals surface area contributed by atoms with Gasteiger partial charge in [-0.3, -0.25) is 14.4 Å². The van der Waals surface area contributed by atoms with Crippen molar-refractivity contribution >= 4 is 17.7 Å². The number of Topliss-reactive ketones (excluding diaryl/α,β-unsaturated/α-hetero) is 1. The van der Waals surface area contributed by atoms with Crippen LogP contribution in [0.2, 0.25) is 0 Å². The minimum absolute atomic E-state index is 0.0124. The Balaban J connectivity index is 2.04. The van der Waals surface area contributed by atoms with E-state index in [0.717, 1.165) is 24.0 Å². The van der Waals surface area contributed by atoms with E-state index >= 15 is 0 Å². The summed E-state index contributed by atoms with van der Waals surface area (Å²) in [7, 11) is 2.58. The van der Waals surface area contributed by atoms with E-state index < -0.39 is 17.4 Å². The van der Waals surface area contributed by atoms with Gasteiger partial charge in [0.25, 0.3) is 0 Å². The van der Waals surface area contributed by atoms with Crippen molar-refractivity contribution in [3.63, 3.8) is 0 Å². The van der Waals surface area contributed by atoms with E-state index in [1.54, 1.807) is 0 Å². The van der Waals surface area contributed by atoms with E-state index in [9.17, 15) is 14.4 Å². The van der Waals surface area contributed by atoms with Gasteiger partial charge >= 0.3 is 11.9 Å². The number of ketones is 1. The second-order valence-corrected chi connectivity index (χ2v) is 7.15. The first-order valence-electron chi connectivity index (χ1n) is 8.52. The first-order chi connectivity index (χ1) is 11.4. The molecule has 2 saturated carbocycles. The highest BCUT2D eigenvalue weighted by molar-refractivity contribution is 6.01.